The lowest BCUT2D eigenvalue weighted by Gasteiger charge is -2.35. The van der Waals surface area contributed by atoms with Gasteiger partial charge in [-0.05, 0) is 59.7 Å². The van der Waals surface area contributed by atoms with E-state index in [1.807, 2.05) is 82.1 Å². The Morgan fingerprint density at radius 1 is 0.915 bits per heavy atom. The number of aromatic nitrogens is 3. The van der Waals surface area contributed by atoms with E-state index in [4.69, 9.17) is 23.7 Å². The molecule has 4 amide bonds. The number of nitrogens with one attached hydrogen (secondary N) is 3. The summed E-state index contributed by atoms with van der Waals surface area (Å²) in [4.78, 5) is 78.6. The number of fused-ring (bicyclic) bond motifs is 1. The van der Waals surface area contributed by atoms with Crippen LogP contribution >= 0.6 is 11.3 Å². The van der Waals surface area contributed by atoms with Gasteiger partial charge in [-0.25, -0.2) is 4.98 Å². The van der Waals surface area contributed by atoms with Crippen LogP contribution in [0, 0.1) is 12.3 Å². The normalized spacial score (nSPS) is 15.2. The van der Waals surface area contributed by atoms with E-state index in [1.165, 1.54) is 9.47 Å². The molecule has 0 aliphatic carbocycles. The molecule has 1 fully saturated rings. The Bertz CT molecular complexity index is 2660. The van der Waals surface area contributed by atoms with E-state index < -0.39 is 35.4 Å². The molecular formula is C51H66N8O11S. The molecule has 6 rings (SSSR count). The highest BCUT2D eigenvalue weighted by molar-refractivity contribution is 7.13. The van der Waals surface area contributed by atoms with Crippen molar-refractivity contribution < 1.29 is 48.0 Å². The number of aliphatic hydroxyl groups is 1. The summed E-state index contributed by atoms with van der Waals surface area (Å²) in [5, 5.41) is 20.4. The molecule has 5 aromatic rings. The molecule has 3 aromatic heterocycles. The van der Waals surface area contributed by atoms with Crippen molar-refractivity contribution in [1.29, 1.82) is 0 Å². The number of ether oxygens (including phenoxy) is 5. The van der Waals surface area contributed by atoms with Crippen LogP contribution in [-0.4, -0.2) is 152 Å². The van der Waals surface area contributed by atoms with Crippen molar-refractivity contribution in [3.05, 3.63) is 93.7 Å². The number of likely N-dealkylation sites (tertiary alicyclic amines) is 1. The lowest BCUT2D eigenvalue weighted by molar-refractivity contribution is -0.144. The maximum atomic E-state index is 13.9. The number of hydrogen-bond donors (Lipinski definition) is 4. The summed E-state index contributed by atoms with van der Waals surface area (Å²) in [6.07, 6.45) is 4.19. The summed E-state index contributed by atoms with van der Waals surface area (Å²) in [6, 6.07) is 11.5. The van der Waals surface area contributed by atoms with Gasteiger partial charge in [-0.1, -0.05) is 45.0 Å². The average molecular weight is 999 g/mol. The van der Waals surface area contributed by atoms with Crippen molar-refractivity contribution in [3.63, 3.8) is 0 Å². The quantitative estimate of drug-likeness (QED) is 0.0651. The SMILES string of the molecule is COc1cc(-c2cn(C)c(=O)c3cnccc23)cc(OC)c1CN(C)CC(=O)NCCOCCOCCOCC(=O)N[C@@H](C(=O)N1C[C@@H](O)CC1C(=O)NCc1ccc(-c2scnc2C)cc1)C(C)(C)C. The number of aliphatic hydroxyl groups excluding tert-OH is 1. The Hall–Kier alpha value is -6.29. The van der Waals surface area contributed by atoms with E-state index in [2.05, 4.69) is 25.9 Å². The van der Waals surface area contributed by atoms with E-state index in [9.17, 15) is 29.1 Å². The third-order valence-corrected chi connectivity index (χ3v) is 13.0. The monoisotopic (exact) mass is 998 g/mol. The number of hydrogen-bond acceptors (Lipinski definition) is 15. The minimum Gasteiger partial charge on any atom is -0.496 e. The van der Waals surface area contributed by atoms with Crippen LogP contribution in [-0.2, 0) is 53.5 Å². The second-order valence-corrected chi connectivity index (χ2v) is 19.3. The fraction of sp³-hybridized carbons (Fsp3) is 0.471. The number of β-amino-alcohol motifs (C(OH)–C–C–N with tert-alkyl or cyclic N) is 1. The number of benzene rings is 2. The highest BCUT2D eigenvalue weighted by atomic mass is 32.1. The molecule has 2 aromatic carbocycles. The van der Waals surface area contributed by atoms with Crippen LogP contribution in [0.3, 0.4) is 0 Å². The molecule has 1 aliphatic rings. The van der Waals surface area contributed by atoms with Gasteiger partial charge in [0.15, 0.2) is 0 Å². The van der Waals surface area contributed by atoms with Crippen LogP contribution in [0.5, 0.6) is 11.5 Å². The smallest absolute Gasteiger partial charge is 0.259 e. The van der Waals surface area contributed by atoms with Crippen molar-refractivity contribution in [2.75, 3.05) is 80.5 Å². The molecule has 4 heterocycles. The molecule has 0 saturated carbocycles. The zero-order valence-electron chi connectivity index (χ0n) is 41.7. The van der Waals surface area contributed by atoms with Gasteiger partial charge in [0, 0.05) is 63.8 Å². The predicted molar refractivity (Wildman–Crippen MR) is 269 cm³/mol. The van der Waals surface area contributed by atoms with Gasteiger partial charge in [0.05, 0.1) is 86.9 Å². The topological polar surface area (TPSA) is 225 Å². The van der Waals surface area contributed by atoms with Crippen molar-refractivity contribution in [2.24, 2.45) is 12.5 Å². The second-order valence-electron chi connectivity index (χ2n) is 18.5. The first-order valence-corrected chi connectivity index (χ1v) is 24.3. The minimum absolute atomic E-state index is 0.0318. The number of amides is 4. The van der Waals surface area contributed by atoms with Crippen molar-refractivity contribution in [1.82, 2.24) is 40.3 Å². The zero-order valence-corrected chi connectivity index (χ0v) is 42.6. The molecule has 3 atom stereocenters. The van der Waals surface area contributed by atoms with Gasteiger partial charge in [-0.3, -0.25) is 33.9 Å². The number of nitrogens with zero attached hydrogens (tertiary/aromatic N) is 5. The molecule has 1 unspecified atom stereocenters. The summed E-state index contributed by atoms with van der Waals surface area (Å²) in [5.41, 5.74) is 6.20. The molecule has 0 bridgehead atoms. The predicted octanol–water partition coefficient (Wildman–Crippen LogP) is 3.46. The van der Waals surface area contributed by atoms with Crippen LogP contribution < -0.4 is 31.0 Å². The standard InChI is InChI=1S/C51H66N8O11S/c1-32-46(71-31-55-32)34-11-9-33(10-12-34)24-54-48(63)41-23-36(60)26-59(41)50(65)47(51(2,3)4)56-45(62)30-70-20-19-69-18-17-68-16-15-53-44(61)29-57(5)27-40-42(66-7)21-35(22-43(40)67-8)39-28-58(6)49(64)38-25-52-14-13-37(38)39/h9-14,21-22,25,28,31,36,41,47,60H,15-20,23-24,26-27,29-30H2,1-8H3,(H,53,61)(H,54,63)(H,56,62)/t36-,41?,47-/m0/s1. The van der Waals surface area contributed by atoms with Crippen LogP contribution in [0.25, 0.3) is 32.3 Å². The Morgan fingerprint density at radius 3 is 2.24 bits per heavy atom. The Balaban J connectivity index is 0.852. The molecule has 0 radical (unpaired) electrons. The van der Waals surface area contributed by atoms with Crippen LogP contribution in [0.4, 0.5) is 0 Å². The number of aryl methyl sites for hydroxylation is 2. The maximum absolute atomic E-state index is 13.9. The molecule has 20 heteroatoms. The first-order chi connectivity index (χ1) is 34.0. The lowest BCUT2D eigenvalue weighted by atomic mass is 9.85. The maximum Gasteiger partial charge on any atom is 0.259 e. The number of carbonyl (C=O) groups excluding carboxylic acids is 4. The van der Waals surface area contributed by atoms with E-state index in [-0.39, 0.29) is 83.1 Å². The van der Waals surface area contributed by atoms with Crippen LogP contribution in [0.15, 0.2) is 71.4 Å². The third-order valence-electron chi connectivity index (χ3n) is 12.0. The van der Waals surface area contributed by atoms with Gasteiger partial charge in [0.2, 0.25) is 23.6 Å². The largest absolute Gasteiger partial charge is 0.496 e. The highest BCUT2D eigenvalue weighted by Gasteiger charge is 2.44. The first kappa shape index (κ1) is 54.1. The Kier molecular flexibility index (Phi) is 19.2. The highest BCUT2D eigenvalue weighted by Crippen LogP contribution is 2.38. The molecular weight excluding hydrogens is 933 g/mol. The molecule has 382 valence electrons. The lowest BCUT2D eigenvalue weighted by Crippen LogP contribution is -2.58. The second kappa shape index (κ2) is 25.2. The molecule has 1 saturated heterocycles. The average Bonchev–Trinajstić information content (AvgIpc) is 3.97. The van der Waals surface area contributed by atoms with Crippen LogP contribution in [0.1, 0.15) is 44.0 Å². The molecule has 71 heavy (non-hydrogen) atoms. The van der Waals surface area contributed by atoms with E-state index in [0.717, 1.165) is 43.8 Å². The van der Waals surface area contributed by atoms with Gasteiger partial charge < -0.3 is 54.2 Å². The Labute approximate surface area is 417 Å². The summed E-state index contributed by atoms with van der Waals surface area (Å²) in [7, 11) is 6.67. The Morgan fingerprint density at radius 2 is 1.59 bits per heavy atom. The fourth-order valence-corrected chi connectivity index (χ4v) is 9.13. The minimum atomic E-state index is -0.987. The van der Waals surface area contributed by atoms with Crippen LogP contribution in [0.2, 0.25) is 0 Å². The van der Waals surface area contributed by atoms with E-state index >= 15 is 0 Å². The van der Waals surface area contributed by atoms with Gasteiger partial charge >= 0.3 is 0 Å². The number of thiazole rings is 1. The third kappa shape index (κ3) is 14.4. The van der Waals surface area contributed by atoms with Gasteiger partial charge in [0.25, 0.3) is 5.56 Å². The number of carbonyl (C=O) groups is 4. The first-order valence-electron chi connectivity index (χ1n) is 23.4. The summed E-state index contributed by atoms with van der Waals surface area (Å²) in [5.74, 6) is -0.397. The number of rotatable bonds is 24. The number of pyridine rings is 2. The molecule has 1 aliphatic heterocycles. The summed E-state index contributed by atoms with van der Waals surface area (Å²) >= 11 is 1.56. The van der Waals surface area contributed by atoms with E-state index in [1.54, 1.807) is 56.7 Å². The molecule has 4 N–H and O–H groups in total. The fourth-order valence-electron chi connectivity index (χ4n) is 8.31. The summed E-state index contributed by atoms with van der Waals surface area (Å²) in [6.45, 7) is 9.19. The number of likely N-dealkylation sites (N-methyl/N-ethyl adjacent to an activating group) is 1. The number of methoxy groups -OCH3 is 2. The van der Waals surface area contributed by atoms with E-state index in [0.29, 0.717) is 30.0 Å². The van der Waals surface area contributed by atoms with Gasteiger partial charge in [-0.2, -0.15) is 0 Å². The van der Waals surface area contributed by atoms with Gasteiger partial charge in [-0.15, -0.1) is 11.3 Å². The van der Waals surface area contributed by atoms with Crippen molar-refractivity contribution in [2.45, 2.75) is 65.4 Å². The zero-order chi connectivity index (χ0) is 51.2. The summed E-state index contributed by atoms with van der Waals surface area (Å²) < 4.78 is 29.8. The molecule has 0 spiro atoms. The van der Waals surface area contributed by atoms with Gasteiger partial charge in [0.1, 0.15) is 30.2 Å². The van der Waals surface area contributed by atoms with Crippen molar-refractivity contribution in [3.8, 4) is 33.1 Å². The molecule has 19 nitrogen and oxygen atoms in total. The van der Waals surface area contributed by atoms with Crippen molar-refractivity contribution >= 4 is 45.7 Å².